The molecule has 0 saturated heterocycles. The Morgan fingerprint density at radius 3 is 2.73 bits per heavy atom. The van der Waals surface area contributed by atoms with Gasteiger partial charge >= 0.3 is 0 Å². The van der Waals surface area contributed by atoms with Crippen molar-refractivity contribution >= 4 is 5.78 Å². The second-order valence-electron chi connectivity index (χ2n) is 4.71. The standard InChI is InChI=1S/C10H14O/c11-10-5-7-1-6-2-8(3-7)9(10)4-6/h6-9H,1-5H2/t6-,7+,8+,9-/m0/s1. The predicted molar refractivity (Wildman–Crippen MR) is 42.1 cm³/mol. The summed E-state index contributed by atoms with van der Waals surface area (Å²) < 4.78 is 0. The highest BCUT2D eigenvalue weighted by Gasteiger charge is 2.48. The summed E-state index contributed by atoms with van der Waals surface area (Å²) in [6, 6.07) is 0. The van der Waals surface area contributed by atoms with Gasteiger partial charge in [-0.15, -0.1) is 0 Å². The van der Waals surface area contributed by atoms with E-state index in [1.165, 1.54) is 25.7 Å². The van der Waals surface area contributed by atoms with Crippen molar-refractivity contribution in [1.29, 1.82) is 0 Å². The van der Waals surface area contributed by atoms with E-state index in [-0.39, 0.29) is 0 Å². The van der Waals surface area contributed by atoms with E-state index in [1.807, 2.05) is 0 Å². The van der Waals surface area contributed by atoms with Crippen molar-refractivity contribution in [3.63, 3.8) is 0 Å². The topological polar surface area (TPSA) is 17.1 Å². The average Bonchev–Trinajstić information content (AvgIpc) is 2.19. The number of Topliss-reactive ketones (excluding diaryl/α,β-unsaturated/α-hetero) is 1. The predicted octanol–water partition coefficient (Wildman–Crippen LogP) is 2.01. The van der Waals surface area contributed by atoms with Gasteiger partial charge in [0.05, 0.1) is 0 Å². The van der Waals surface area contributed by atoms with Gasteiger partial charge in [-0.2, -0.15) is 0 Å². The van der Waals surface area contributed by atoms with E-state index in [0.29, 0.717) is 11.7 Å². The maximum absolute atomic E-state index is 11.5. The molecule has 4 atom stereocenters. The molecule has 3 saturated carbocycles. The molecule has 3 aliphatic rings. The summed E-state index contributed by atoms with van der Waals surface area (Å²) in [7, 11) is 0. The Morgan fingerprint density at radius 1 is 1.00 bits per heavy atom. The van der Waals surface area contributed by atoms with Crippen molar-refractivity contribution in [1.82, 2.24) is 0 Å². The van der Waals surface area contributed by atoms with Crippen molar-refractivity contribution in [2.75, 3.05) is 0 Å². The third-order valence-corrected chi connectivity index (χ3v) is 4.00. The average molecular weight is 150 g/mol. The highest BCUT2D eigenvalue weighted by Crippen LogP contribution is 2.53. The van der Waals surface area contributed by atoms with E-state index < -0.39 is 0 Å². The Kier molecular flexibility index (Phi) is 1.06. The summed E-state index contributed by atoms with van der Waals surface area (Å²) in [5.74, 6) is 3.67. The van der Waals surface area contributed by atoms with Gasteiger partial charge in [-0.05, 0) is 43.4 Å². The number of hydrogen-bond donors (Lipinski definition) is 0. The highest BCUT2D eigenvalue weighted by molar-refractivity contribution is 5.83. The number of ketones is 1. The van der Waals surface area contributed by atoms with E-state index >= 15 is 0 Å². The molecule has 0 aliphatic heterocycles. The molecular weight excluding hydrogens is 136 g/mol. The molecule has 0 radical (unpaired) electrons. The van der Waals surface area contributed by atoms with Crippen LogP contribution in [0, 0.1) is 23.7 Å². The van der Waals surface area contributed by atoms with Gasteiger partial charge in [-0.25, -0.2) is 0 Å². The zero-order valence-corrected chi connectivity index (χ0v) is 6.75. The summed E-state index contributed by atoms with van der Waals surface area (Å²) in [5, 5.41) is 0. The minimum atomic E-state index is 0.513. The molecule has 0 N–H and O–H groups in total. The maximum atomic E-state index is 11.5. The molecule has 3 rings (SSSR count). The van der Waals surface area contributed by atoms with Crippen LogP contribution in [0.25, 0.3) is 0 Å². The number of carbonyl (C=O) groups is 1. The molecule has 3 bridgehead atoms. The van der Waals surface area contributed by atoms with E-state index in [1.54, 1.807) is 0 Å². The molecular formula is C10H14O. The molecule has 60 valence electrons. The van der Waals surface area contributed by atoms with Crippen LogP contribution in [0.5, 0.6) is 0 Å². The van der Waals surface area contributed by atoms with E-state index in [4.69, 9.17) is 0 Å². The molecule has 3 fully saturated rings. The molecule has 0 amide bonds. The minimum absolute atomic E-state index is 0.513. The lowest BCUT2D eigenvalue weighted by Crippen LogP contribution is -2.30. The van der Waals surface area contributed by atoms with Crippen molar-refractivity contribution in [3.05, 3.63) is 0 Å². The number of fused-ring (bicyclic) bond motifs is 2. The van der Waals surface area contributed by atoms with Gasteiger partial charge in [0.25, 0.3) is 0 Å². The Hall–Kier alpha value is -0.330. The molecule has 11 heavy (non-hydrogen) atoms. The van der Waals surface area contributed by atoms with Gasteiger partial charge in [0, 0.05) is 12.3 Å². The van der Waals surface area contributed by atoms with Gasteiger partial charge in [0.1, 0.15) is 5.78 Å². The van der Waals surface area contributed by atoms with Crippen LogP contribution >= 0.6 is 0 Å². The Balaban J connectivity index is 2.00. The lowest BCUT2D eigenvalue weighted by Gasteiger charge is -2.32. The maximum Gasteiger partial charge on any atom is 0.136 e. The largest absolute Gasteiger partial charge is 0.299 e. The van der Waals surface area contributed by atoms with Crippen LogP contribution in [0.3, 0.4) is 0 Å². The van der Waals surface area contributed by atoms with Crippen LogP contribution in [-0.2, 0) is 4.79 Å². The monoisotopic (exact) mass is 150 g/mol. The molecule has 0 heterocycles. The molecule has 0 spiro atoms. The first-order chi connectivity index (χ1) is 5.33. The first kappa shape index (κ1) is 6.22. The molecule has 1 heteroatoms. The molecule has 3 aliphatic carbocycles. The van der Waals surface area contributed by atoms with Crippen LogP contribution in [-0.4, -0.2) is 5.78 Å². The van der Waals surface area contributed by atoms with Gasteiger partial charge in [0.15, 0.2) is 0 Å². The Bertz CT molecular complexity index is 207. The first-order valence-electron chi connectivity index (χ1n) is 4.85. The lowest BCUT2D eigenvalue weighted by molar-refractivity contribution is -0.127. The zero-order chi connectivity index (χ0) is 7.42. The molecule has 0 aromatic heterocycles. The van der Waals surface area contributed by atoms with E-state index in [2.05, 4.69) is 0 Å². The SMILES string of the molecule is O=C1C[C@@H]2C[C@H]3C[C@H](C2)[C@@H]1C3. The van der Waals surface area contributed by atoms with E-state index in [9.17, 15) is 4.79 Å². The quantitative estimate of drug-likeness (QED) is 0.516. The fourth-order valence-corrected chi connectivity index (χ4v) is 3.69. The third-order valence-electron chi connectivity index (χ3n) is 4.00. The van der Waals surface area contributed by atoms with Gasteiger partial charge in [-0.1, -0.05) is 0 Å². The van der Waals surface area contributed by atoms with Gasteiger partial charge < -0.3 is 0 Å². The molecule has 0 aromatic carbocycles. The van der Waals surface area contributed by atoms with Crippen LogP contribution in [0.15, 0.2) is 0 Å². The highest BCUT2D eigenvalue weighted by atomic mass is 16.1. The lowest BCUT2D eigenvalue weighted by atomic mass is 9.72. The normalized spacial score (nSPS) is 53.6. The second-order valence-corrected chi connectivity index (χ2v) is 4.71. The molecule has 0 aromatic rings. The van der Waals surface area contributed by atoms with Crippen LogP contribution in [0.4, 0.5) is 0 Å². The second kappa shape index (κ2) is 1.88. The van der Waals surface area contributed by atoms with Crippen molar-refractivity contribution in [3.8, 4) is 0 Å². The first-order valence-corrected chi connectivity index (χ1v) is 4.85. The van der Waals surface area contributed by atoms with Crippen molar-refractivity contribution in [2.24, 2.45) is 23.7 Å². The number of rotatable bonds is 0. The van der Waals surface area contributed by atoms with Crippen LogP contribution in [0.1, 0.15) is 32.1 Å². The van der Waals surface area contributed by atoms with Crippen molar-refractivity contribution < 1.29 is 4.79 Å². The summed E-state index contributed by atoms with van der Waals surface area (Å²) in [6.07, 6.45) is 6.32. The summed E-state index contributed by atoms with van der Waals surface area (Å²) in [4.78, 5) is 11.5. The molecule has 1 nitrogen and oxygen atoms in total. The van der Waals surface area contributed by atoms with E-state index in [0.717, 1.165) is 24.2 Å². The fraction of sp³-hybridized carbons (Fsp3) is 0.900. The zero-order valence-electron chi connectivity index (χ0n) is 6.75. The minimum Gasteiger partial charge on any atom is -0.299 e. The molecule has 0 unspecified atom stereocenters. The number of carbonyl (C=O) groups excluding carboxylic acids is 1. The van der Waals surface area contributed by atoms with Gasteiger partial charge in [-0.3, -0.25) is 4.79 Å². The Labute approximate surface area is 67.2 Å². The third kappa shape index (κ3) is 0.743. The van der Waals surface area contributed by atoms with Crippen LogP contribution < -0.4 is 0 Å². The van der Waals surface area contributed by atoms with Crippen molar-refractivity contribution in [2.45, 2.75) is 32.1 Å². The smallest absolute Gasteiger partial charge is 0.136 e. The fourth-order valence-electron chi connectivity index (χ4n) is 3.69. The summed E-state index contributed by atoms with van der Waals surface area (Å²) in [6.45, 7) is 0. The summed E-state index contributed by atoms with van der Waals surface area (Å²) >= 11 is 0. The Morgan fingerprint density at radius 2 is 1.82 bits per heavy atom. The van der Waals surface area contributed by atoms with Crippen LogP contribution in [0.2, 0.25) is 0 Å². The van der Waals surface area contributed by atoms with Gasteiger partial charge in [0.2, 0.25) is 0 Å². The number of hydrogen-bond acceptors (Lipinski definition) is 1. The summed E-state index contributed by atoms with van der Waals surface area (Å²) in [5.41, 5.74) is 0.